The first kappa shape index (κ1) is 19.2. The summed E-state index contributed by atoms with van der Waals surface area (Å²) in [6.45, 7) is 4.05. The number of thiocarbonyl (C=S) groups is 1. The number of benzene rings is 1. The van der Waals surface area contributed by atoms with Gasteiger partial charge in [-0.1, -0.05) is 53.8 Å². The summed E-state index contributed by atoms with van der Waals surface area (Å²) in [5.41, 5.74) is 3.14. The van der Waals surface area contributed by atoms with Gasteiger partial charge in [-0.15, -0.1) is 0 Å². The van der Waals surface area contributed by atoms with E-state index in [2.05, 4.69) is 41.2 Å². The van der Waals surface area contributed by atoms with Crippen LogP contribution < -0.4 is 0 Å². The monoisotopic (exact) mass is 413 g/mol. The minimum Gasteiger partial charge on any atom is -0.467 e. The molecule has 0 radical (unpaired) electrons. The van der Waals surface area contributed by atoms with Crippen molar-refractivity contribution >= 4 is 39.9 Å². The lowest BCUT2D eigenvalue weighted by Crippen LogP contribution is -2.30. The first-order chi connectivity index (χ1) is 13.6. The van der Waals surface area contributed by atoms with Gasteiger partial charge in [-0.2, -0.15) is 5.10 Å². The van der Waals surface area contributed by atoms with Crippen molar-refractivity contribution in [1.82, 2.24) is 9.91 Å². The van der Waals surface area contributed by atoms with E-state index in [1.807, 2.05) is 12.1 Å². The smallest absolute Gasteiger partial charge is 0.253 e. The molecule has 1 amide bonds. The molecule has 0 bridgehead atoms. The molecule has 0 spiro atoms. The zero-order valence-corrected chi connectivity index (χ0v) is 17.5. The van der Waals surface area contributed by atoms with Gasteiger partial charge in [0.1, 0.15) is 16.1 Å². The number of nitrogens with zero attached hydrogens (tertiary/aromatic N) is 3. The van der Waals surface area contributed by atoms with Crippen LogP contribution in [-0.2, 0) is 4.79 Å². The van der Waals surface area contributed by atoms with Crippen molar-refractivity contribution in [2.75, 3.05) is 18.8 Å². The molecule has 2 aliphatic heterocycles. The first-order valence-electron chi connectivity index (χ1n) is 9.53. The Bertz CT molecular complexity index is 872. The molecular formula is C21H23N3O2S2. The fraction of sp³-hybridized carbons (Fsp3) is 0.381. The minimum atomic E-state index is -0.209. The molecule has 0 aliphatic carbocycles. The van der Waals surface area contributed by atoms with E-state index in [1.165, 1.54) is 30.2 Å². The number of hydrogen-bond donors (Lipinski definition) is 0. The molecule has 1 aromatic heterocycles. The maximum absolute atomic E-state index is 13.0. The van der Waals surface area contributed by atoms with Crippen LogP contribution in [0.2, 0.25) is 0 Å². The number of hydrogen-bond acceptors (Lipinski definition) is 5. The molecule has 1 fully saturated rings. The standard InChI is InChI=1S/C21H23N3O2S2/c1-15-6-8-16(9-7-15)17-13-18(19-5-4-12-26-19)24(22-17)20(25)14-28-21(27)23-10-2-3-11-23/h4-9,12,18H,2-3,10-11,13-14H2,1H3/t18-/m1/s1. The molecule has 3 heterocycles. The molecule has 0 saturated carbocycles. The van der Waals surface area contributed by atoms with Gasteiger partial charge in [0.2, 0.25) is 0 Å². The van der Waals surface area contributed by atoms with Crippen molar-refractivity contribution in [3.05, 3.63) is 59.5 Å². The molecule has 28 heavy (non-hydrogen) atoms. The minimum absolute atomic E-state index is 0.0462. The van der Waals surface area contributed by atoms with Crippen LogP contribution in [-0.4, -0.2) is 44.7 Å². The van der Waals surface area contributed by atoms with Crippen LogP contribution >= 0.6 is 24.0 Å². The Hall–Kier alpha value is -2.12. The highest BCUT2D eigenvalue weighted by Crippen LogP contribution is 2.33. The van der Waals surface area contributed by atoms with E-state index in [1.54, 1.807) is 11.3 Å². The van der Waals surface area contributed by atoms with Gasteiger partial charge < -0.3 is 9.32 Å². The lowest BCUT2D eigenvalue weighted by molar-refractivity contribution is -0.130. The Labute approximate surface area is 174 Å². The van der Waals surface area contributed by atoms with Crippen molar-refractivity contribution in [3.63, 3.8) is 0 Å². The van der Waals surface area contributed by atoms with Crippen LogP contribution in [0.4, 0.5) is 0 Å². The fourth-order valence-electron chi connectivity index (χ4n) is 3.54. The Morgan fingerprint density at radius 1 is 1.25 bits per heavy atom. The van der Waals surface area contributed by atoms with E-state index in [4.69, 9.17) is 16.6 Å². The van der Waals surface area contributed by atoms with Crippen LogP contribution in [0.25, 0.3) is 0 Å². The molecule has 1 aromatic carbocycles. The zero-order valence-electron chi connectivity index (χ0n) is 15.8. The molecule has 0 N–H and O–H groups in total. The number of hydrazone groups is 1. The Balaban J connectivity index is 1.49. The summed E-state index contributed by atoms with van der Waals surface area (Å²) in [7, 11) is 0. The molecule has 1 saturated heterocycles. The maximum Gasteiger partial charge on any atom is 0.253 e. The lowest BCUT2D eigenvalue weighted by atomic mass is 10.0. The summed E-state index contributed by atoms with van der Waals surface area (Å²) in [6, 6.07) is 11.8. The number of carbonyl (C=O) groups is 1. The van der Waals surface area contributed by atoms with E-state index < -0.39 is 0 Å². The third-order valence-corrected chi connectivity index (χ3v) is 6.61. The van der Waals surface area contributed by atoms with Crippen molar-refractivity contribution in [1.29, 1.82) is 0 Å². The maximum atomic E-state index is 13.0. The highest BCUT2D eigenvalue weighted by atomic mass is 32.2. The predicted octanol–water partition coefficient (Wildman–Crippen LogP) is 4.38. The lowest BCUT2D eigenvalue weighted by Gasteiger charge is -2.21. The molecule has 1 atom stereocenters. The normalized spacial score (nSPS) is 19.2. The summed E-state index contributed by atoms with van der Waals surface area (Å²) in [5, 5.41) is 6.25. The van der Waals surface area contributed by atoms with Crippen molar-refractivity contribution in [2.45, 2.75) is 32.2 Å². The third kappa shape index (κ3) is 4.15. The average molecular weight is 414 g/mol. The fourth-order valence-corrected chi connectivity index (χ4v) is 4.65. The van der Waals surface area contributed by atoms with E-state index in [0.717, 1.165) is 34.4 Å². The number of aryl methyl sites for hydroxylation is 1. The second kappa shape index (κ2) is 8.49. The van der Waals surface area contributed by atoms with Crippen molar-refractivity contribution in [2.24, 2.45) is 5.10 Å². The summed E-state index contributed by atoms with van der Waals surface area (Å²) in [6.07, 6.45) is 4.62. The van der Waals surface area contributed by atoms with Gasteiger partial charge in [0, 0.05) is 19.5 Å². The van der Waals surface area contributed by atoms with Gasteiger partial charge in [0.25, 0.3) is 5.91 Å². The number of thioether (sulfide) groups is 1. The topological polar surface area (TPSA) is 49.1 Å². The first-order valence-corrected chi connectivity index (χ1v) is 10.9. The Morgan fingerprint density at radius 2 is 2.00 bits per heavy atom. The van der Waals surface area contributed by atoms with Crippen LogP contribution in [0.1, 0.15) is 42.2 Å². The van der Waals surface area contributed by atoms with Gasteiger partial charge >= 0.3 is 0 Å². The molecule has 0 unspecified atom stereocenters. The van der Waals surface area contributed by atoms with Crippen LogP contribution in [0.3, 0.4) is 0 Å². The Morgan fingerprint density at radius 3 is 2.68 bits per heavy atom. The van der Waals surface area contributed by atoms with Crippen molar-refractivity contribution in [3.8, 4) is 0 Å². The molecule has 2 aliphatic rings. The number of rotatable bonds is 4. The summed E-state index contributed by atoms with van der Waals surface area (Å²) in [5.74, 6) is 0.999. The van der Waals surface area contributed by atoms with Gasteiger partial charge in [-0.05, 0) is 37.5 Å². The third-order valence-electron chi connectivity index (χ3n) is 5.11. The molecule has 5 nitrogen and oxygen atoms in total. The highest BCUT2D eigenvalue weighted by molar-refractivity contribution is 8.23. The van der Waals surface area contributed by atoms with Gasteiger partial charge in [0.15, 0.2) is 0 Å². The van der Waals surface area contributed by atoms with E-state index in [9.17, 15) is 4.79 Å². The zero-order chi connectivity index (χ0) is 19.5. The van der Waals surface area contributed by atoms with Crippen LogP contribution in [0.5, 0.6) is 0 Å². The van der Waals surface area contributed by atoms with Gasteiger partial charge in [-0.3, -0.25) is 4.79 Å². The molecule has 7 heteroatoms. The molecule has 4 rings (SSSR count). The highest BCUT2D eigenvalue weighted by Gasteiger charge is 2.35. The number of amides is 1. The van der Waals surface area contributed by atoms with Gasteiger partial charge in [-0.25, -0.2) is 5.01 Å². The average Bonchev–Trinajstić information content (AvgIpc) is 3.47. The number of furan rings is 1. The number of carbonyl (C=O) groups excluding carboxylic acids is 1. The van der Waals surface area contributed by atoms with Crippen molar-refractivity contribution < 1.29 is 9.21 Å². The second-order valence-corrected chi connectivity index (χ2v) is 8.74. The molecule has 146 valence electrons. The number of likely N-dealkylation sites (tertiary alicyclic amines) is 1. The quantitative estimate of drug-likeness (QED) is 0.696. The van der Waals surface area contributed by atoms with E-state index >= 15 is 0 Å². The SMILES string of the molecule is Cc1ccc(C2=NN(C(=O)CSC(=S)N3CCCC3)[C@@H](c3ccco3)C2)cc1. The van der Waals surface area contributed by atoms with E-state index in [0.29, 0.717) is 6.42 Å². The summed E-state index contributed by atoms with van der Waals surface area (Å²) < 4.78 is 6.41. The largest absolute Gasteiger partial charge is 0.467 e. The Kier molecular flexibility index (Phi) is 5.82. The van der Waals surface area contributed by atoms with E-state index in [-0.39, 0.29) is 17.7 Å². The van der Waals surface area contributed by atoms with Crippen LogP contribution in [0.15, 0.2) is 52.2 Å². The molecule has 2 aromatic rings. The van der Waals surface area contributed by atoms with Crippen LogP contribution in [0, 0.1) is 6.92 Å². The summed E-state index contributed by atoms with van der Waals surface area (Å²) >= 11 is 6.92. The summed E-state index contributed by atoms with van der Waals surface area (Å²) in [4.78, 5) is 15.2. The molecular weight excluding hydrogens is 390 g/mol. The van der Waals surface area contributed by atoms with Gasteiger partial charge in [0.05, 0.1) is 17.7 Å². The second-order valence-electron chi connectivity index (χ2n) is 7.14. The predicted molar refractivity (Wildman–Crippen MR) is 116 cm³/mol.